The highest BCUT2D eigenvalue weighted by Gasteiger charge is 2.45. The summed E-state index contributed by atoms with van der Waals surface area (Å²) < 4.78 is 0. The zero-order valence-electron chi connectivity index (χ0n) is 15.9. The van der Waals surface area contributed by atoms with Gasteiger partial charge in [0.05, 0.1) is 11.2 Å². The minimum atomic E-state index is 0.288. The third-order valence-electron chi connectivity index (χ3n) is 6.12. The Hall–Kier alpha value is -1.77. The number of hydrogen-bond donors (Lipinski definition) is 3. The number of nitrogens with two attached hydrogens (primary N) is 3. The standard InChI is InChI=1S/C19H26ClN7S/c1-11-8-13(21)19(9-11)3-6-27(7-4-19)14-10-25-18(17(23)26-14)28-12-2-5-24-16(22)15(12)20/h2,5,10-11,13H,3-4,6-9,21H2,1H3,(H2,22,24)(H2,23,26)/t11-,13+/m0/s1. The molecule has 0 aromatic carbocycles. The first-order chi connectivity index (χ1) is 13.4. The molecule has 3 heterocycles. The monoisotopic (exact) mass is 419 g/mol. The quantitative estimate of drug-likeness (QED) is 0.693. The minimum absolute atomic E-state index is 0.288. The largest absolute Gasteiger partial charge is 0.382 e. The molecular formula is C19H26ClN7S. The Balaban J connectivity index is 1.46. The van der Waals surface area contributed by atoms with Crippen LogP contribution in [0.3, 0.4) is 0 Å². The highest BCUT2D eigenvalue weighted by Crippen LogP contribution is 2.48. The molecule has 2 aromatic heterocycles. The molecular weight excluding hydrogens is 394 g/mol. The molecule has 0 bridgehead atoms. The summed E-state index contributed by atoms with van der Waals surface area (Å²) in [4.78, 5) is 16.1. The van der Waals surface area contributed by atoms with Gasteiger partial charge in [-0.25, -0.2) is 15.0 Å². The zero-order chi connectivity index (χ0) is 19.9. The van der Waals surface area contributed by atoms with E-state index in [1.54, 1.807) is 18.5 Å². The molecule has 1 saturated heterocycles. The fourth-order valence-corrected chi connectivity index (χ4v) is 5.62. The van der Waals surface area contributed by atoms with Crippen LogP contribution in [0.1, 0.15) is 32.6 Å². The summed E-state index contributed by atoms with van der Waals surface area (Å²) >= 11 is 7.55. The van der Waals surface area contributed by atoms with Gasteiger partial charge in [0.15, 0.2) is 5.82 Å². The zero-order valence-corrected chi connectivity index (χ0v) is 17.5. The van der Waals surface area contributed by atoms with Gasteiger partial charge in [0.1, 0.15) is 16.7 Å². The van der Waals surface area contributed by atoms with Gasteiger partial charge in [-0.2, -0.15) is 0 Å². The second-order valence-corrected chi connectivity index (χ2v) is 9.44. The van der Waals surface area contributed by atoms with E-state index in [4.69, 9.17) is 28.8 Å². The molecule has 9 heteroatoms. The lowest BCUT2D eigenvalue weighted by Crippen LogP contribution is -2.47. The molecule has 2 aromatic rings. The Morgan fingerprint density at radius 3 is 2.61 bits per heavy atom. The molecule has 2 atom stereocenters. The normalized spacial score (nSPS) is 24.0. The number of pyridine rings is 1. The van der Waals surface area contributed by atoms with E-state index in [1.807, 2.05) is 0 Å². The van der Waals surface area contributed by atoms with Crippen LogP contribution in [0, 0.1) is 11.3 Å². The van der Waals surface area contributed by atoms with E-state index >= 15 is 0 Å². The van der Waals surface area contributed by atoms with E-state index in [1.165, 1.54) is 18.2 Å². The number of aromatic nitrogens is 3. The number of piperidine rings is 1. The maximum Gasteiger partial charge on any atom is 0.158 e. The SMILES string of the molecule is C[C@H]1C[C@@H](N)C2(CCN(c3cnc(Sc4ccnc(N)c4Cl)c(N)n3)CC2)C1. The highest BCUT2D eigenvalue weighted by atomic mass is 35.5. The maximum absolute atomic E-state index is 6.47. The molecule has 150 valence electrons. The van der Waals surface area contributed by atoms with Crippen molar-refractivity contribution in [3.05, 3.63) is 23.5 Å². The number of rotatable bonds is 3. The van der Waals surface area contributed by atoms with Crippen molar-refractivity contribution >= 4 is 40.8 Å². The molecule has 1 saturated carbocycles. The Labute approximate surface area is 174 Å². The van der Waals surface area contributed by atoms with Crippen molar-refractivity contribution in [1.82, 2.24) is 15.0 Å². The summed E-state index contributed by atoms with van der Waals surface area (Å²) in [7, 11) is 0. The van der Waals surface area contributed by atoms with Crippen LogP contribution in [0.5, 0.6) is 0 Å². The molecule has 0 unspecified atom stereocenters. The van der Waals surface area contributed by atoms with E-state index in [0.717, 1.165) is 49.0 Å². The van der Waals surface area contributed by atoms with Crippen molar-refractivity contribution in [3.63, 3.8) is 0 Å². The summed E-state index contributed by atoms with van der Waals surface area (Å²) in [6.07, 6.45) is 7.97. The van der Waals surface area contributed by atoms with Crippen molar-refractivity contribution in [2.45, 2.75) is 48.6 Å². The second-order valence-electron chi connectivity index (χ2n) is 8.03. The first-order valence-corrected chi connectivity index (χ1v) is 10.8. The van der Waals surface area contributed by atoms with Crippen LogP contribution >= 0.6 is 23.4 Å². The summed E-state index contributed by atoms with van der Waals surface area (Å²) in [5.41, 5.74) is 18.7. The summed E-state index contributed by atoms with van der Waals surface area (Å²) in [5, 5.41) is 1.01. The third kappa shape index (κ3) is 3.60. The number of halogens is 1. The maximum atomic E-state index is 6.47. The third-order valence-corrected chi connectivity index (χ3v) is 7.70. The van der Waals surface area contributed by atoms with Crippen LogP contribution in [-0.2, 0) is 0 Å². The van der Waals surface area contributed by atoms with Crippen molar-refractivity contribution < 1.29 is 0 Å². The van der Waals surface area contributed by atoms with Gasteiger partial charge in [0.25, 0.3) is 0 Å². The molecule has 0 amide bonds. The van der Waals surface area contributed by atoms with E-state index in [0.29, 0.717) is 27.3 Å². The van der Waals surface area contributed by atoms with Crippen molar-refractivity contribution in [3.8, 4) is 0 Å². The number of anilines is 3. The summed E-state index contributed by atoms with van der Waals surface area (Å²) in [6.45, 7) is 4.19. The van der Waals surface area contributed by atoms with E-state index in [9.17, 15) is 0 Å². The number of hydrogen-bond acceptors (Lipinski definition) is 8. The van der Waals surface area contributed by atoms with Gasteiger partial charge in [-0.05, 0) is 43.1 Å². The molecule has 7 nitrogen and oxygen atoms in total. The number of nitrogens with zero attached hydrogens (tertiary/aromatic N) is 4. The molecule has 6 N–H and O–H groups in total. The topological polar surface area (TPSA) is 120 Å². The fourth-order valence-electron chi connectivity index (χ4n) is 4.61. The van der Waals surface area contributed by atoms with Crippen molar-refractivity contribution in [2.75, 3.05) is 29.5 Å². The van der Waals surface area contributed by atoms with Crippen LogP contribution in [0.25, 0.3) is 0 Å². The van der Waals surface area contributed by atoms with Crippen LogP contribution in [0.2, 0.25) is 5.02 Å². The molecule has 0 radical (unpaired) electrons. The summed E-state index contributed by atoms with van der Waals surface area (Å²) in [6, 6.07) is 2.10. The highest BCUT2D eigenvalue weighted by molar-refractivity contribution is 7.99. The van der Waals surface area contributed by atoms with Gasteiger partial charge < -0.3 is 22.1 Å². The Morgan fingerprint density at radius 1 is 1.21 bits per heavy atom. The molecule has 4 rings (SSSR count). The van der Waals surface area contributed by atoms with Crippen molar-refractivity contribution in [2.24, 2.45) is 17.1 Å². The van der Waals surface area contributed by atoms with Gasteiger partial charge in [0.2, 0.25) is 0 Å². The minimum Gasteiger partial charge on any atom is -0.382 e. The first-order valence-electron chi connectivity index (χ1n) is 9.59. The van der Waals surface area contributed by atoms with Gasteiger partial charge in [-0.1, -0.05) is 30.3 Å². The fraction of sp³-hybridized carbons (Fsp3) is 0.526. The molecule has 28 heavy (non-hydrogen) atoms. The molecule has 1 aliphatic heterocycles. The van der Waals surface area contributed by atoms with Crippen LogP contribution in [-0.4, -0.2) is 34.1 Å². The molecule has 1 spiro atoms. The van der Waals surface area contributed by atoms with Gasteiger partial charge in [-0.15, -0.1) is 0 Å². The summed E-state index contributed by atoms with van der Waals surface area (Å²) in [5.74, 6) is 2.22. The van der Waals surface area contributed by atoms with E-state index < -0.39 is 0 Å². The molecule has 1 aliphatic carbocycles. The lowest BCUT2D eigenvalue weighted by molar-refractivity contribution is 0.193. The lowest BCUT2D eigenvalue weighted by atomic mass is 9.74. The lowest BCUT2D eigenvalue weighted by Gasteiger charge is -2.42. The predicted octanol–water partition coefficient (Wildman–Crippen LogP) is 3.18. The average molecular weight is 420 g/mol. The molecule has 2 fully saturated rings. The molecule has 2 aliphatic rings. The average Bonchev–Trinajstić information content (AvgIpc) is 2.94. The van der Waals surface area contributed by atoms with E-state index in [-0.39, 0.29) is 5.82 Å². The second kappa shape index (κ2) is 7.57. The number of nitrogen functional groups attached to an aromatic ring is 2. The predicted molar refractivity (Wildman–Crippen MR) is 114 cm³/mol. The van der Waals surface area contributed by atoms with Crippen LogP contribution in [0.15, 0.2) is 28.4 Å². The van der Waals surface area contributed by atoms with Crippen LogP contribution in [0.4, 0.5) is 17.5 Å². The smallest absolute Gasteiger partial charge is 0.158 e. The van der Waals surface area contributed by atoms with Crippen molar-refractivity contribution in [1.29, 1.82) is 0 Å². The Bertz CT molecular complexity index is 869. The van der Waals surface area contributed by atoms with Gasteiger partial charge >= 0.3 is 0 Å². The van der Waals surface area contributed by atoms with Gasteiger partial charge in [-0.3, -0.25) is 0 Å². The Kier molecular flexibility index (Phi) is 5.28. The van der Waals surface area contributed by atoms with Gasteiger partial charge in [0, 0.05) is 30.2 Å². The van der Waals surface area contributed by atoms with Crippen LogP contribution < -0.4 is 22.1 Å². The Morgan fingerprint density at radius 2 is 1.96 bits per heavy atom. The first kappa shape index (κ1) is 19.5. The van der Waals surface area contributed by atoms with E-state index in [2.05, 4.69) is 26.8 Å².